The third kappa shape index (κ3) is 2.12. The average Bonchev–Trinajstić information content (AvgIpc) is 3.04. The Balaban J connectivity index is 1.94. The molecular weight excluding hydrogens is 482 g/mol. The standard InChI is InChI=1S/C18H17Br2N3O4/c1-8-16(26)23-15-13(11-6-4-5-7-12(11)22(15)10(3)25)14(19)18(23,20)17(27)21(8)9(2)24/h4-8,13-15H,1-3H3/t8-,13-,14-,15+,18+/m0/s1. The van der Waals surface area contributed by atoms with Crippen LogP contribution in [0.2, 0.25) is 0 Å². The van der Waals surface area contributed by atoms with E-state index in [0.29, 0.717) is 0 Å². The number of imide groups is 1. The van der Waals surface area contributed by atoms with Crippen LogP contribution in [0.1, 0.15) is 32.3 Å². The van der Waals surface area contributed by atoms with Gasteiger partial charge in [-0.25, -0.2) is 0 Å². The lowest BCUT2D eigenvalue weighted by Crippen LogP contribution is -2.71. The first-order valence-electron chi connectivity index (χ1n) is 8.53. The highest BCUT2D eigenvalue weighted by atomic mass is 79.9. The van der Waals surface area contributed by atoms with Crippen molar-refractivity contribution in [1.29, 1.82) is 0 Å². The predicted molar refractivity (Wildman–Crippen MR) is 104 cm³/mol. The molecule has 0 N–H and O–H groups in total. The van der Waals surface area contributed by atoms with E-state index in [2.05, 4.69) is 31.9 Å². The van der Waals surface area contributed by atoms with Crippen molar-refractivity contribution in [2.24, 2.45) is 0 Å². The Morgan fingerprint density at radius 1 is 1.07 bits per heavy atom. The summed E-state index contributed by atoms with van der Waals surface area (Å²) in [6.07, 6.45) is -0.642. The second-order valence-electron chi connectivity index (χ2n) is 7.04. The normalized spacial score (nSPS) is 34.5. The average molecular weight is 499 g/mol. The molecule has 9 heteroatoms. The maximum absolute atomic E-state index is 13.3. The van der Waals surface area contributed by atoms with Gasteiger partial charge in [-0.05, 0) is 34.5 Å². The SMILES string of the molecule is CC(=O)N1C(=O)[C@@]2(Br)[C@@H](Br)[C@@H]3c4ccccc4N(C(C)=O)[C@@H]3N2C(=O)[C@@H]1C. The zero-order valence-corrected chi connectivity index (χ0v) is 18.0. The van der Waals surface area contributed by atoms with E-state index in [0.717, 1.165) is 16.2 Å². The van der Waals surface area contributed by atoms with Gasteiger partial charge in [0.2, 0.25) is 17.7 Å². The zero-order valence-electron chi connectivity index (χ0n) is 14.8. The fourth-order valence-corrected chi connectivity index (χ4v) is 6.38. The van der Waals surface area contributed by atoms with Crippen molar-refractivity contribution in [3.05, 3.63) is 29.8 Å². The predicted octanol–water partition coefficient (Wildman–Crippen LogP) is 1.94. The minimum Gasteiger partial charge on any atom is -0.294 e. The van der Waals surface area contributed by atoms with Gasteiger partial charge in [0, 0.05) is 25.5 Å². The molecule has 7 nitrogen and oxygen atoms in total. The van der Waals surface area contributed by atoms with Crippen LogP contribution in [0.4, 0.5) is 5.69 Å². The molecule has 4 amide bonds. The molecule has 0 aliphatic carbocycles. The van der Waals surface area contributed by atoms with Crippen molar-refractivity contribution in [3.63, 3.8) is 0 Å². The van der Waals surface area contributed by atoms with E-state index >= 15 is 0 Å². The van der Waals surface area contributed by atoms with Crippen molar-refractivity contribution in [2.45, 2.75) is 48.2 Å². The van der Waals surface area contributed by atoms with Gasteiger partial charge >= 0.3 is 0 Å². The quantitative estimate of drug-likeness (QED) is 0.404. The van der Waals surface area contributed by atoms with E-state index in [1.807, 2.05) is 24.3 Å². The fraction of sp³-hybridized carbons (Fsp3) is 0.444. The number of piperazine rings is 1. The first-order chi connectivity index (χ1) is 12.6. The maximum Gasteiger partial charge on any atom is 0.268 e. The molecule has 3 heterocycles. The van der Waals surface area contributed by atoms with Crippen LogP contribution in [0.25, 0.3) is 0 Å². The summed E-state index contributed by atoms with van der Waals surface area (Å²) >= 11 is 7.11. The van der Waals surface area contributed by atoms with Gasteiger partial charge in [-0.3, -0.25) is 33.9 Å². The van der Waals surface area contributed by atoms with Crippen LogP contribution in [-0.4, -0.2) is 54.9 Å². The Morgan fingerprint density at radius 3 is 2.26 bits per heavy atom. The van der Waals surface area contributed by atoms with Crippen LogP contribution in [-0.2, 0) is 19.2 Å². The number of hydrogen-bond acceptors (Lipinski definition) is 4. The van der Waals surface area contributed by atoms with E-state index in [4.69, 9.17) is 0 Å². The third-order valence-corrected chi connectivity index (χ3v) is 8.68. The van der Waals surface area contributed by atoms with Crippen molar-refractivity contribution in [3.8, 4) is 0 Å². The van der Waals surface area contributed by atoms with Gasteiger partial charge in [-0.2, -0.15) is 0 Å². The second kappa shape index (κ2) is 5.88. The van der Waals surface area contributed by atoms with Crippen LogP contribution in [0.3, 0.4) is 0 Å². The molecule has 0 bridgehead atoms. The number of benzene rings is 1. The maximum atomic E-state index is 13.3. The fourth-order valence-electron chi connectivity index (χ4n) is 4.54. The highest BCUT2D eigenvalue weighted by Gasteiger charge is 2.71. The highest BCUT2D eigenvalue weighted by Crippen LogP contribution is 2.59. The van der Waals surface area contributed by atoms with E-state index in [1.165, 1.54) is 25.7 Å². The largest absolute Gasteiger partial charge is 0.294 e. The number of nitrogens with zero attached hydrogens (tertiary/aromatic N) is 3. The molecule has 0 aromatic heterocycles. The van der Waals surface area contributed by atoms with E-state index in [1.54, 1.807) is 4.90 Å². The molecule has 1 aromatic carbocycles. The summed E-state index contributed by atoms with van der Waals surface area (Å²) < 4.78 is -1.45. The lowest BCUT2D eigenvalue weighted by molar-refractivity contribution is -0.167. The summed E-state index contributed by atoms with van der Waals surface area (Å²) in [5.74, 6) is -1.89. The Morgan fingerprint density at radius 2 is 1.67 bits per heavy atom. The summed E-state index contributed by atoms with van der Waals surface area (Å²) in [6.45, 7) is 4.24. The van der Waals surface area contributed by atoms with E-state index in [-0.39, 0.29) is 17.7 Å². The number of anilines is 1. The van der Waals surface area contributed by atoms with Crippen molar-refractivity contribution in [1.82, 2.24) is 9.80 Å². The minimum atomic E-state index is -1.45. The van der Waals surface area contributed by atoms with Gasteiger partial charge in [0.25, 0.3) is 5.91 Å². The Hall–Kier alpha value is -1.74. The van der Waals surface area contributed by atoms with Crippen LogP contribution in [0.15, 0.2) is 24.3 Å². The van der Waals surface area contributed by atoms with Gasteiger partial charge in [0.1, 0.15) is 12.2 Å². The Labute approximate surface area is 172 Å². The van der Waals surface area contributed by atoms with Crippen LogP contribution < -0.4 is 4.90 Å². The number of rotatable bonds is 0. The molecule has 3 aliphatic heterocycles. The first kappa shape index (κ1) is 18.6. The van der Waals surface area contributed by atoms with Crippen LogP contribution in [0, 0.1) is 0 Å². The highest BCUT2D eigenvalue weighted by molar-refractivity contribution is 9.12. The number of amides is 4. The molecule has 0 unspecified atom stereocenters. The molecule has 0 spiro atoms. The van der Waals surface area contributed by atoms with Gasteiger partial charge in [-0.1, -0.05) is 34.1 Å². The molecule has 0 saturated carbocycles. The van der Waals surface area contributed by atoms with Gasteiger partial charge < -0.3 is 0 Å². The first-order valence-corrected chi connectivity index (χ1v) is 10.2. The molecule has 4 rings (SSSR count). The lowest BCUT2D eigenvalue weighted by atomic mass is 9.95. The number of fused-ring (bicyclic) bond motifs is 5. The number of hydrogen-bond donors (Lipinski definition) is 0. The molecule has 1 aromatic rings. The number of para-hydroxylation sites is 1. The van der Waals surface area contributed by atoms with E-state index < -0.39 is 33.3 Å². The lowest BCUT2D eigenvalue weighted by Gasteiger charge is -2.47. The number of halogens is 2. The summed E-state index contributed by atoms with van der Waals surface area (Å²) in [6, 6.07) is 6.51. The summed E-state index contributed by atoms with van der Waals surface area (Å²) in [5, 5.41) is 0. The monoisotopic (exact) mass is 497 g/mol. The Kier molecular flexibility index (Phi) is 4.05. The van der Waals surface area contributed by atoms with Gasteiger partial charge in [0.05, 0.1) is 4.83 Å². The molecule has 2 saturated heterocycles. The van der Waals surface area contributed by atoms with Crippen molar-refractivity contribution in [2.75, 3.05) is 4.90 Å². The van der Waals surface area contributed by atoms with Gasteiger partial charge in [-0.15, -0.1) is 0 Å². The molecule has 3 aliphatic rings. The molecular formula is C18H17Br2N3O4. The van der Waals surface area contributed by atoms with Crippen molar-refractivity contribution < 1.29 is 19.2 Å². The zero-order chi connectivity index (χ0) is 19.8. The third-order valence-electron chi connectivity index (χ3n) is 5.62. The molecule has 0 radical (unpaired) electrons. The Bertz CT molecular complexity index is 906. The smallest absolute Gasteiger partial charge is 0.268 e. The molecule has 27 heavy (non-hydrogen) atoms. The number of alkyl halides is 2. The summed E-state index contributed by atoms with van der Waals surface area (Å²) in [7, 11) is 0. The summed E-state index contributed by atoms with van der Waals surface area (Å²) in [5.41, 5.74) is 1.62. The topological polar surface area (TPSA) is 78.0 Å². The molecule has 2 fully saturated rings. The molecule has 142 valence electrons. The number of carbonyl (C=O) groups excluding carboxylic acids is 4. The van der Waals surface area contributed by atoms with Crippen LogP contribution >= 0.6 is 31.9 Å². The van der Waals surface area contributed by atoms with E-state index in [9.17, 15) is 19.2 Å². The number of carbonyl (C=O) groups is 4. The van der Waals surface area contributed by atoms with Crippen LogP contribution in [0.5, 0.6) is 0 Å². The second-order valence-corrected chi connectivity index (χ2v) is 9.24. The molecule has 5 atom stereocenters. The van der Waals surface area contributed by atoms with Crippen molar-refractivity contribution >= 4 is 61.2 Å². The summed E-state index contributed by atoms with van der Waals surface area (Å²) in [4.78, 5) is 54.6. The minimum absolute atomic E-state index is 0.215. The van der Waals surface area contributed by atoms with Gasteiger partial charge in [0.15, 0.2) is 4.45 Å².